The summed E-state index contributed by atoms with van der Waals surface area (Å²) in [4.78, 5) is 11.9. The molecule has 0 aliphatic rings. The fourth-order valence-corrected chi connectivity index (χ4v) is 1.84. The summed E-state index contributed by atoms with van der Waals surface area (Å²) >= 11 is 0. The molecular formula is C11H15N3O2. The number of hydrogen-bond donors (Lipinski definition) is 2. The lowest BCUT2D eigenvalue weighted by Gasteiger charge is -2.02. The van der Waals surface area contributed by atoms with Crippen LogP contribution < -0.4 is 11.0 Å². The molecule has 2 rings (SSSR count). The summed E-state index contributed by atoms with van der Waals surface area (Å²) in [6.45, 7) is 1.31. The van der Waals surface area contributed by atoms with Crippen LogP contribution in [0.3, 0.4) is 0 Å². The van der Waals surface area contributed by atoms with Crippen LogP contribution in [-0.2, 0) is 13.6 Å². The Morgan fingerprint density at radius 3 is 2.81 bits per heavy atom. The molecule has 5 nitrogen and oxygen atoms in total. The van der Waals surface area contributed by atoms with E-state index in [2.05, 4.69) is 5.32 Å². The quantitative estimate of drug-likeness (QED) is 0.782. The predicted molar refractivity (Wildman–Crippen MR) is 62.8 cm³/mol. The number of nitrogens with zero attached hydrogens (tertiary/aromatic N) is 2. The van der Waals surface area contributed by atoms with Gasteiger partial charge in [-0.15, -0.1) is 0 Å². The fourth-order valence-electron chi connectivity index (χ4n) is 1.84. The molecule has 0 amide bonds. The maximum absolute atomic E-state index is 11.9. The lowest BCUT2D eigenvalue weighted by Crippen LogP contribution is -2.26. The van der Waals surface area contributed by atoms with Crippen LogP contribution in [-0.4, -0.2) is 27.8 Å². The van der Waals surface area contributed by atoms with Crippen molar-refractivity contribution in [3.05, 3.63) is 28.7 Å². The number of aryl methyl sites for hydroxylation is 1. The molecule has 0 aliphatic heterocycles. The van der Waals surface area contributed by atoms with Crippen LogP contribution in [0.5, 0.6) is 5.75 Å². The van der Waals surface area contributed by atoms with E-state index < -0.39 is 0 Å². The van der Waals surface area contributed by atoms with Crippen LogP contribution in [0.1, 0.15) is 0 Å². The van der Waals surface area contributed by atoms with E-state index in [4.69, 9.17) is 0 Å². The Morgan fingerprint density at radius 2 is 2.12 bits per heavy atom. The highest BCUT2D eigenvalue weighted by molar-refractivity contribution is 5.77. The number of rotatable bonds is 3. The Balaban J connectivity index is 2.66. The first-order valence-electron chi connectivity index (χ1n) is 5.18. The van der Waals surface area contributed by atoms with Gasteiger partial charge in [0.25, 0.3) is 0 Å². The van der Waals surface area contributed by atoms with Crippen LogP contribution >= 0.6 is 0 Å². The summed E-state index contributed by atoms with van der Waals surface area (Å²) in [7, 11) is 3.57. The van der Waals surface area contributed by atoms with E-state index in [-0.39, 0.29) is 11.4 Å². The zero-order chi connectivity index (χ0) is 11.7. The third-order valence-corrected chi connectivity index (χ3v) is 2.71. The molecule has 0 atom stereocenters. The van der Waals surface area contributed by atoms with Crippen LogP contribution in [0.25, 0.3) is 11.0 Å². The third kappa shape index (κ3) is 1.59. The average molecular weight is 221 g/mol. The number of phenols is 1. The first kappa shape index (κ1) is 10.8. The van der Waals surface area contributed by atoms with Gasteiger partial charge in [-0.3, -0.25) is 9.13 Å². The van der Waals surface area contributed by atoms with Crippen molar-refractivity contribution in [1.29, 1.82) is 0 Å². The number of fused-ring (bicyclic) bond motifs is 1. The molecule has 0 saturated carbocycles. The summed E-state index contributed by atoms with van der Waals surface area (Å²) < 4.78 is 3.25. The second-order valence-electron chi connectivity index (χ2n) is 3.77. The standard InChI is InChI=1S/C11H15N3O2/c1-12-5-6-14-10-7-8(15)3-4-9(10)13(2)11(14)16/h3-4,7,12,15H,5-6H2,1-2H3. The molecule has 0 unspecified atom stereocenters. The Morgan fingerprint density at radius 1 is 1.38 bits per heavy atom. The summed E-state index contributed by atoms with van der Waals surface area (Å²) in [5, 5.41) is 12.4. The van der Waals surface area contributed by atoms with Gasteiger partial charge in [-0.1, -0.05) is 0 Å². The number of nitrogens with one attached hydrogen (secondary N) is 1. The molecule has 1 heterocycles. The maximum atomic E-state index is 11.9. The summed E-state index contributed by atoms with van der Waals surface area (Å²) in [5.41, 5.74) is 1.54. The highest BCUT2D eigenvalue weighted by Crippen LogP contribution is 2.18. The number of benzene rings is 1. The second kappa shape index (κ2) is 4.02. The van der Waals surface area contributed by atoms with Crippen molar-refractivity contribution < 1.29 is 5.11 Å². The SMILES string of the molecule is CNCCn1c(=O)n(C)c2ccc(O)cc21. The number of aromatic nitrogens is 2. The van der Waals surface area contributed by atoms with Crippen LogP contribution in [0, 0.1) is 0 Å². The summed E-state index contributed by atoms with van der Waals surface area (Å²) in [6, 6.07) is 4.96. The molecule has 0 bridgehead atoms. The molecule has 0 saturated heterocycles. The van der Waals surface area contributed by atoms with E-state index in [1.54, 1.807) is 34.4 Å². The number of aromatic hydroxyl groups is 1. The van der Waals surface area contributed by atoms with Gasteiger partial charge >= 0.3 is 5.69 Å². The Bertz CT molecular complexity index is 568. The normalized spacial score (nSPS) is 11.1. The van der Waals surface area contributed by atoms with E-state index in [9.17, 15) is 9.90 Å². The number of imidazole rings is 1. The average Bonchev–Trinajstić information content (AvgIpc) is 2.50. The van der Waals surface area contributed by atoms with Gasteiger partial charge < -0.3 is 10.4 Å². The monoisotopic (exact) mass is 221 g/mol. The highest BCUT2D eigenvalue weighted by Gasteiger charge is 2.10. The predicted octanol–water partition coefficient (Wildman–Crippen LogP) is 0.265. The molecule has 2 aromatic rings. The van der Waals surface area contributed by atoms with E-state index >= 15 is 0 Å². The first-order valence-corrected chi connectivity index (χ1v) is 5.18. The zero-order valence-electron chi connectivity index (χ0n) is 9.40. The molecule has 0 spiro atoms. The van der Waals surface area contributed by atoms with E-state index in [1.807, 2.05) is 7.05 Å². The largest absolute Gasteiger partial charge is 0.508 e. The van der Waals surface area contributed by atoms with Crippen LogP contribution in [0.4, 0.5) is 0 Å². The lowest BCUT2D eigenvalue weighted by molar-refractivity contribution is 0.475. The van der Waals surface area contributed by atoms with Crippen LogP contribution in [0.15, 0.2) is 23.0 Å². The van der Waals surface area contributed by atoms with Crippen LogP contribution in [0.2, 0.25) is 0 Å². The van der Waals surface area contributed by atoms with Crippen molar-refractivity contribution in [2.45, 2.75) is 6.54 Å². The molecule has 0 radical (unpaired) electrons. The van der Waals surface area contributed by atoms with Gasteiger partial charge in [0.15, 0.2) is 0 Å². The minimum Gasteiger partial charge on any atom is -0.508 e. The minimum absolute atomic E-state index is 0.0594. The maximum Gasteiger partial charge on any atom is 0.328 e. The van der Waals surface area contributed by atoms with E-state index in [1.165, 1.54) is 0 Å². The molecule has 16 heavy (non-hydrogen) atoms. The summed E-state index contributed by atoms with van der Waals surface area (Å²) in [6.07, 6.45) is 0. The van der Waals surface area contributed by atoms with Crippen molar-refractivity contribution in [2.24, 2.45) is 7.05 Å². The second-order valence-corrected chi connectivity index (χ2v) is 3.77. The topological polar surface area (TPSA) is 59.2 Å². The molecule has 1 aromatic heterocycles. The van der Waals surface area contributed by atoms with Gasteiger partial charge in [0.05, 0.1) is 11.0 Å². The number of hydrogen-bond acceptors (Lipinski definition) is 3. The Labute approximate surface area is 92.9 Å². The van der Waals surface area contributed by atoms with Crippen molar-refractivity contribution >= 4 is 11.0 Å². The Kier molecular flexibility index (Phi) is 2.70. The third-order valence-electron chi connectivity index (χ3n) is 2.71. The molecule has 0 aliphatic carbocycles. The zero-order valence-corrected chi connectivity index (χ0v) is 9.40. The van der Waals surface area contributed by atoms with E-state index in [0.29, 0.717) is 13.1 Å². The molecular weight excluding hydrogens is 206 g/mol. The van der Waals surface area contributed by atoms with Gasteiger partial charge in [0.2, 0.25) is 0 Å². The lowest BCUT2D eigenvalue weighted by atomic mass is 10.3. The van der Waals surface area contributed by atoms with Gasteiger partial charge in [0.1, 0.15) is 5.75 Å². The Hall–Kier alpha value is -1.75. The molecule has 86 valence electrons. The summed E-state index contributed by atoms with van der Waals surface area (Å²) in [5.74, 6) is 0.177. The van der Waals surface area contributed by atoms with Gasteiger partial charge in [-0.05, 0) is 19.2 Å². The van der Waals surface area contributed by atoms with Gasteiger partial charge in [0, 0.05) is 26.2 Å². The van der Waals surface area contributed by atoms with E-state index in [0.717, 1.165) is 11.0 Å². The van der Waals surface area contributed by atoms with Crippen molar-refractivity contribution in [2.75, 3.05) is 13.6 Å². The van der Waals surface area contributed by atoms with Crippen molar-refractivity contribution in [3.63, 3.8) is 0 Å². The molecule has 2 N–H and O–H groups in total. The van der Waals surface area contributed by atoms with Gasteiger partial charge in [-0.2, -0.15) is 0 Å². The molecule has 1 aromatic carbocycles. The smallest absolute Gasteiger partial charge is 0.328 e. The first-order chi connectivity index (χ1) is 7.65. The minimum atomic E-state index is -0.0594. The molecule has 0 fully saturated rings. The van der Waals surface area contributed by atoms with Crippen molar-refractivity contribution in [3.8, 4) is 5.75 Å². The number of likely N-dealkylation sites (N-methyl/N-ethyl adjacent to an activating group) is 1. The molecule has 5 heteroatoms. The van der Waals surface area contributed by atoms with Gasteiger partial charge in [-0.25, -0.2) is 4.79 Å². The number of phenolic OH excluding ortho intramolecular Hbond substituents is 1. The highest BCUT2D eigenvalue weighted by atomic mass is 16.3. The van der Waals surface area contributed by atoms with Crippen molar-refractivity contribution in [1.82, 2.24) is 14.5 Å². The fraction of sp³-hybridized carbons (Fsp3) is 0.364.